The van der Waals surface area contributed by atoms with Gasteiger partial charge in [0.1, 0.15) is 0 Å². The number of carbonyl (C=O) groups excluding carboxylic acids is 1. The minimum atomic E-state index is -3.44. The summed E-state index contributed by atoms with van der Waals surface area (Å²) in [5.41, 5.74) is 0. The van der Waals surface area contributed by atoms with Crippen LogP contribution < -0.4 is 0 Å². The highest BCUT2D eigenvalue weighted by molar-refractivity contribution is 7.86. The molecule has 3 rings (SSSR count). The largest absolute Gasteiger partial charge is 0.339 e. The Balaban J connectivity index is 1.56. The van der Waals surface area contributed by atoms with E-state index in [-0.39, 0.29) is 18.0 Å². The lowest BCUT2D eigenvalue weighted by Crippen LogP contribution is -2.58. The van der Waals surface area contributed by atoms with Gasteiger partial charge in [-0.1, -0.05) is 32.6 Å². The normalized spacial score (nSPS) is 26.7. The highest BCUT2D eigenvalue weighted by Gasteiger charge is 2.37. The molecule has 2 aliphatic heterocycles. The second-order valence-electron chi connectivity index (χ2n) is 8.59. The van der Waals surface area contributed by atoms with Gasteiger partial charge in [-0.15, -0.1) is 0 Å². The summed E-state index contributed by atoms with van der Waals surface area (Å²) in [7, 11) is -1.71. The molecule has 1 saturated carbocycles. The molecular weight excluding hydrogens is 376 g/mol. The number of rotatable bonds is 6. The zero-order valence-electron chi connectivity index (χ0n) is 17.7. The van der Waals surface area contributed by atoms with Crippen LogP contribution in [0.5, 0.6) is 0 Å². The standard InChI is InChI=1S/C20H38N4O3S/c1-3-12-22-13-8-7-11-19(22)20(25)23-14-16-24(17-15-23)28(26,27)21(2)18-9-5-4-6-10-18/h18-19H,3-17H2,1-2H3. The van der Waals surface area contributed by atoms with Gasteiger partial charge in [0.05, 0.1) is 6.04 Å². The first-order chi connectivity index (χ1) is 13.4. The smallest absolute Gasteiger partial charge is 0.282 e. The number of hydrogen-bond donors (Lipinski definition) is 0. The maximum Gasteiger partial charge on any atom is 0.282 e. The second kappa shape index (κ2) is 9.87. The molecule has 8 heteroatoms. The quantitative estimate of drug-likeness (QED) is 0.666. The Kier molecular flexibility index (Phi) is 7.75. The molecule has 2 saturated heterocycles. The van der Waals surface area contributed by atoms with Crippen molar-refractivity contribution in [3.63, 3.8) is 0 Å². The van der Waals surface area contributed by atoms with Crippen molar-refractivity contribution in [3.05, 3.63) is 0 Å². The SMILES string of the molecule is CCCN1CCCCC1C(=O)N1CCN(S(=O)(=O)N(C)C2CCCCC2)CC1. The summed E-state index contributed by atoms with van der Waals surface area (Å²) in [4.78, 5) is 17.3. The average Bonchev–Trinajstić information content (AvgIpc) is 2.74. The van der Waals surface area contributed by atoms with Crippen molar-refractivity contribution in [3.8, 4) is 0 Å². The molecule has 0 aromatic carbocycles. The van der Waals surface area contributed by atoms with E-state index in [0.29, 0.717) is 26.2 Å². The van der Waals surface area contributed by atoms with Crippen molar-refractivity contribution in [2.45, 2.75) is 76.8 Å². The van der Waals surface area contributed by atoms with Gasteiger partial charge in [-0.2, -0.15) is 17.0 Å². The molecule has 162 valence electrons. The molecule has 0 aromatic heterocycles. The Labute approximate surface area is 171 Å². The van der Waals surface area contributed by atoms with Crippen molar-refractivity contribution >= 4 is 16.1 Å². The van der Waals surface area contributed by atoms with Crippen LogP contribution in [0.1, 0.15) is 64.7 Å². The van der Waals surface area contributed by atoms with Gasteiger partial charge < -0.3 is 4.90 Å². The minimum Gasteiger partial charge on any atom is -0.339 e. The van der Waals surface area contributed by atoms with Gasteiger partial charge in [-0.25, -0.2) is 0 Å². The number of piperidine rings is 1. The zero-order chi connectivity index (χ0) is 20.1. The fraction of sp³-hybridized carbons (Fsp3) is 0.950. The number of nitrogens with zero attached hydrogens (tertiary/aromatic N) is 4. The molecule has 0 N–H and O–H groups in total. The minimum absolute atomic E-state index is 0.0123. The van der Waals surface area contributed by atoms with E-state index in [2.05, 4.69) is 11.8 Å². The van der Waals surface area contributed by atoms with Crippen molar-refractivity contribution < 1.29 is 13.2 Å². The molecule has 3 fully saturated rings. The third-order valence-electron chi connectivity index (χ3n) is 6.74. The van der Waals surface area contributed by atoms with Gasteiger partial charge in [0.15, 0.2) is 0 Å². The number of likely N-dealkylation sites (tertiary alicyclic amines) is 1. The summed E-state index contributed by atoms with van der Waals surface area (Å²) in [6.07, 6.45) is 9.63. The van der Waals surface area contributed by atoms with Crippen molar-refractivity contribution in [2.24, 2.45) is 0 Å². The number of hydrogen-bond acceptors (Lipinski definition) is 4. The molecule has 7 nitrogen and oxygen atoms in total. The molecule has 1 atom stereocenters. The van der Waals surface area contributed by atoms with Crippen molar-refractivity contribution in [1.82, 2.24) is 18.4 Å². The molecule has 0 bridgehead atoms. The van der Waals surface area contributed by atoms with Gasteiger partial charge in [0.25, 0.3) is 10.2 Å². The summed E-state index contributed by atoms with van der Waals surface area (Å²) < 4.78 is 29.3. The van der Waals surface area contributed by atoms with E-state index >= 15 is 0 Å². The third kappa shape index (κ3) is 4.89. The van der Waals surface area contributed by atoms with E-state index in [1.54, 1.807) is 15.7 Å². The monoisotopic (exact) mass is 414 g/mol. The van der Waals surface area contributed by atoms with Gasteiger partial charge in [0.2, 0.25) is 5.91 Å². The predicted molar refractivity (Wildman–Crippen MR) is 111 cm³/mol. The van der Waals surface area contributed by atoms with Gasteiger partial charge >= 0.3 is 0 Å². The van der Waals surface area contributed by atoms with Crippen LogP contribution in [0.25, 0.3) is 0 Å². The van der Waals surface area contributed by atoms with Crippen LogP contribution >= 0.6 is 0 Å². The Morgan fingerprint density at radius 1 is 0.929 bits per heavy atom. The van der Waals surface area contributed by atoms with Gasteiger partial charge in [-0.3, -0.25) is 9.69 Å². The Morgan fingerprint density at radius 3 is 2.21 bits per heavy atom. The van der Waals surface area contributed by atoms with E-state index in [0.717, 1.165) is 58.0 Å². The molecular formula is C20H38N4O3S. The topological polar surface area (TPSA) is 64.2 Å². The van der Waals surface area contributed by atoms with Gasteiger partial charge in [0, 0.05) is 39.3 Å². The molecule has 3 aliphatic rings. The Hall–Kier alpha value is -0.700. The molecule has 2 heterocycles. The summed E-state index contributed by atoms with van der Waals surface area (Å²) in [6.45, 7) is 5.96. The van der Waals surface area contributed by atoms with E-state index in [1.807, 2.05) is 4.90 Å². The van der Waals surface area contributed by atoms with E-state index in [4.69, 9.17) is 0 Å². The summed E-state index contributed by atoms with van der Waals surface area (Å²) >= 11 is 0. The first-order valence-corrected chi connectivity index (χ1v) is 12.6. The van der Waals surface area contributed by atoms with Crippen LogP contribution in [-0.4, -0.2) is 91.1 Å². The Morgan fingerprint density at radius 2 is 1.57 bits per heavy atom. The maximum absolute atomic E-state index is 13.1. The van der Waals surface area contributed by atoms with Gasteiger partial charge in [-0.05, 0) is 45.2 Å². The fourth-order valence-corrected chi connectivity index (χ4v) is 6.57. The van der Waals surface area contributed by atoms with Crippen LogP contribution in [0, 0.1) is 0 Å². The highest BCUT2D eigenvalue weighted by atomic mass is 32.2. The highest BCUT2D eigenvalue weighted by Crippen LogP contribution is 2.26. The average molecular weight is 415 g/mol. The second-order valence-corrected chi connectivity index (χ2v) is 10.6. The van der Waals surface area contributed by atoms with E-state index in [9.17, 15) is 13.2 Å². The molecule has 1 aliphatic carbocycles. The first-order valence-electron chi connectivity index (χ1n) is 11.2. The fourth-order valence-electron chi connectivity index (χ4n) is 4.99. The maximum atomic E-state index is 13.1. The van der Waals surface area contributed by atoms with Crippen LogP contribution in [0.2, 0.25) is 0 Å². The lowest BCUT2D eigenvalue weighted by molar-refractivity contribution is -0.139. The lowest BCUT2D eigenvalue weighted by atomic mass is 9.96. The zero-order valence-corrected chi connectivity index (χ0v) is 18.5. The van der Waals surface area contributed by atoms with Crippen molar-refractivity contribution in [1.29, 1.82) is 0 Å². The third-order valence-corrected chi connectivity index (χ3v) is 8.78. The van der Waals surface area contributed by atoms with Crippen LogP contribution in [0.3, 0.4) is 0 Å². The molecule has 0 aromatic rings. The van der Waals surface area contributed by atoms with Crippen LogP contribution in [0.15, 0.2) is 0 Å². The molecule has 0 radical (unpaired) electrons. The molecule has 1 amide bonds. The van der Waals surface area contributed by atoms with Crippen LogP contribution in [-0.2, 0) is 15.0 Å². The Bertz CT molecular complexity index is 611. The first kappa shape index (κ1) is 22.0. The molecule has 28 heavy (non-hydrogen) atoms. The molecule has 1 unspecified atom stereocenters. The number of carbonyl (C=O) groups is 1. The van der Waals surface area contributed by atoms with Crippen molar-refractivity contribution in [2.75, 3.05) is 46.3 Å². The summed E-state index contributed by atoms with van der Waals surface area (Å²) in [6, 6.07) is 0.116. The lowest BCUT2D eigenvalue weighted by Gasteiger charge is -2.41. The summed E-state index contributed by atoms with van der Waals surface area (Å²) in [5, 5.41) is 0. The molecule has 0 spiro atoms. The number of piperazine rings is 1. The summed E-state index contributed by atoms with van der Waals surface area (Å²) in [5.74, 6) is 0.200. The van der Waals surface area contributed by atoms with E-state index in [1.165, 1.54) is 12.8 Å². The van der Waals surface area contributed by atoms with Crippen LogP contribution in [0.4, 0.5) is 0 Å². The van der Waals surface area contributed by atoms with E-state index < -0.39 is 10.2 Å². The predicted octanol–water partition coefficient (Wildman–Crippen LogP) is 1.90. The number of amides is 1.